The van der Waals surface area contributed by atoms with Crippen LogP contribution in [0.2, 0.25) is 0 Å². The van der Waals surface area contributed by atoms with Crippen LogP contribution in [0.3, 0.4) is 0 Å². The van der Waals surface area contributed by atoms with Gasteiger partial charge in [-0.05, 0) is 12.1 Å². The van der Waals surface area contributed by atoms with Crippen LogP contribution in [0.5, 0.6) is 5.75 Å². The second kappa shape index (κ2) is 6.20. The molecule has 2 aromatic rings. The van der Waals surface area contributed by atoms with Crippen molar-refractivity contribution < 1.29 is 22.6 Å². The fourth-order valence-electron chi connectivity index (χ4n) is 1.78. The van der Waals surface area contributed by atoms with E-state index in [1.807, 2.05) is 45.4 Å². The predicted molar refractivity (Wildman–Crippen MR) is 82.4 cm³/mol. The van der Waals surface area contributed by atoms with Crippen molar-refractivity contribution >= 4 is 18.7 Å². The Hall–Kier alpha value is -1.33. The number of benzene rings is 1. The Labute approximate surface area is 124 Å². The number of H-pyrrole nitrogens is 1. The van der Waals surface area contributed by atoms with Crippen molar-refractivity contribution in [3.8, 4) is 5.75 Å². The van der Waals surface area contributed by atoms with Crippen LogP contribution in [0.4, 0.5) is 0 Å². The fraction of sp³-hybridized carbons (Fsp3) is 0.429. The molecule has 0 bridgehead atoms. The molecule has 6 nitrogen and oxygen atoms in total. The van der Waals surface area contributed by atoms with Crippen molar-refractivity contribution in [1.82, 2.24) is 4.98 Å². The van der Waals surface area contributed by atoms with E-state index in [0.29, 0.717) is 16.8 Å². The molecule has 0 spiro atoms. The van der Waals surface area contributed by atoms with Crippen LogP contribution in [0.15, 0.2) is 30.5 Å². The van der Waals surface area contributed by atoms with Crippen LogP contribution >= 0.6 is 7.82 Å². The number of aromatic amines is 1. The van der Waals surface area contributed by atoms with E-state index in [-0.39, 0.29) is 6.61 Å². The van der Waals surface area contributed by atoms with E-state index in [0.717, 1.165) is 10.9 Å². The molecule has 1 heterocycles. The highest BCUT2D eigenvalue weighted by Crippen LogP contribution is 2.50. The number of aromatic nitrogens is 1. The Kier molecular flexibility index (Phi) is 4.74. The molecule has 7 heteroatoms. The zero-order valence-electron chi connectivity index (χ0n) is 12.8. The maximum Gasteiger partial charge on any atom is 0.530 e. The van der Waals surface area contributed by atoms with Gasteiger partial charge in [-0.1, -0.05) is 12.1 Å². The van der Waals surface area contributed by atoms with Gasteiger partial charge in [-0.15, -0.1) is 0 Å². The highest BCUT2D eigenvalue weighted by atomic mass is 31.2. The highest BCUT2D eigenvalue weighted by molar-refractivity contribution is 7.48. The topological polar surface area (TPSA) is 60.6 Å². The van der Waals surface area contributed by atoms with Crippen molar-refractivity contribution in [2.24, 2.45) is 0 Å². The zero-order valence-corrected chi connectivity index (χ0v) is 13.7. The number of rotatable bonds is 7. The van der Waals surface area contributed by atoms with Gasteiger partial charge in [-0.2, -0.15) is 0 Å². The molecular weight excluding hydrogens is 291 g/mol. The molecule has 0 aliphatic heterocycles. The number of likely N-dealkylation sites (N-methyl/N-ethyl adjacent to an activating group) is 1. The number of hydrogen-bond donors (Lipinski definition) is 1. The summed E-state index contributed by atoms with van der Waals surface area (Å²) in [6.45, 7) is 0.988. The molecule has 21 heavy (non-hydrogen) atoms. The van der Waals surface area contributed by atoms with Crippen molar-refractivity contribution in [3.63, 3.8) is 0 Å². The van der Waals surface area contributed by atoms with E-state index < -0.39 is 7.82 Å². The van der Waals surface area contributed by atoms with Crippen molar-refractivity contribution in [2.45, 2.75) is 0 Å². The summed E-state index contributed by atoms with van der Waals surface area (Å²) >= 11 is 0. The molecule has 1 unspecified atom stereocenters. The quantitative estimate of drug-likeness (QED) is 0.630. The van der Waals surface area contributed by atoms with Gasteiger partial charge in [-0.3, -0.25) is 9.05 Å². The molecule has 0 aliphatic rings. The van der Waals surface area contributed by atoms with Crippen LogP contribution in [0.1, 0.15) is 0 Å². The lowest BCUT2D eigenvalue weighted by atomic mass is 10.2. The van der Waals surface area contributed by atoms with Crippen LogP contribution in [-0.4, -0.2) is 50.9 Å². The normalized spacial score (nSPS) is 15.0. The summed E-state index contributed by atoms with van der Waals surface area (Å²) in [5.41, 5.74) is 0.904. The third kappa shape index (κ3) is 4.32. The molecule has 0 aliphatic carbocycles. The Morgan fingerprint density at radius 2 is 1.95 bits per heavy atom. The van der Waals surface area contributed by atoms with Gasteiger partial charge >= 0.3 is 7.82 Å². The van der Waals surface area contributed by atoms with Gasteiger partial charge < -0.3 is 14.0 Å². The van der Waals surface area contributed by atoms with Gasteiger partial charge in [0, 0.05) is 24.2 Å². The summed E-state index contributed by atoms with van der Waals surface area (Å²) in [5.74, 6) is 0.459. The number of phosphoric acid groups is 1. The van der Waals surface area contributed by atoms with E-state index in [4.69, 9.17) is 13.6 Å². The van der Waals surface area contributed by atoms with Gasteiger partial charge in [0.2, 0.25) is 0 Å². The number of hydrogen-bond acceptors (Lipinski definition) is 4. The predicted octanol–water partition coefficient (Wildman–Crippen LogP) is 3.02. The second-order valence-corrected chi connectivity index (χ2v) is 7.47. The lowest BCUT2D eigenvalue weighted by molar-refractivity contribution is -0.870. The highest BCUT2D eigenvalue weighted by Gasteiger charge is 2.29. The Bertz CT molecular complexity index is 648. The summed E-state index contributed by atoms with van der Waals surface area (Å²) in [5, 5.41) is 0.838. The van der Waals surface area contributed by atoms with Gasteiger partial charge in [0.05, 0.1) is 21.1 Å². The number of phosphoric ester groups is 1. The Morgan fingerprint density at radius 1 is 1.24 bits per heavy atom. The standard InChI is InChI=1S/C14H22N2O4P/c1-16(2,3)9-10-19-21(17,18-4)20-14-11-15-13-8-6-5-7-12(13)14/h5-8,11,15H,9-10H2,1-4H3/q+1. The third-order valence-electron chi connectivity index (χ3n) is 3.00. The van der Waals surface area contributed by atoms with E-state index >= 15 is 0 Å². The van der Waals surface area contributed by atoms with E-state index in [9.17, 15) is 4.57 Å². The minimum absolute atomic E-state index is 0.289. The van der Waals surface area contributed by atoms with E-state index in [1.165, 1.54) is 7.11 Å². The molecule has 2 rings (SSSR count). The first-order valence-electron chi connectivity index (χ1n) is 6.69. The first-order chi connectivity index (χ1) is 9.83. The zero-order chi connectivity index (χ0) is 15.5. The molecule has 1 aromatic heterocycles. The minimum Gasteiger partial charge on any atom is -0.402 e. The largest absolute Gasteiger partial charge is 0.530 e. The summed E-state index contributed by atoms with van der Waals surface area (Å²) in [6, 6.07) is 7.60. The van der Waals surface area contributed by atoms with Gasteiger partial charge in [0.15, 0.2) is 5.75 Å². The molecule has 0 amide bonds. The minimum atomic E-state index is -3.61. The monoisotopic (exact) mass is 313 g/mol. The van der Waals surface area contributed by atoms with E-state index in [1.54, 1.807) is 6.20 Å². The number of quaternary nitrogens is 1. The summed E-state index contributed by atoms with van der Waals surface area (Å²) < 4.78 is 29.0. The van der Waals surface area contributed by atoms with Crippen LogP contribution in [0.25, 0.3) is 10.9 Å². The molecule has 0 radical (unpaired) electrons. The molecule has 116 valence electrons. The average Bonchev–Trinajstić information content (AvgIpc) is 2.81. The second-order valence-electron chi connectivity index (χ2n) is 5.77. The van der Waals surface area contributed by atoms with Crippen molar-refractivity contribution in [3.05, 3.63) is 30.5 Å². The van der Waals surface area contributed by atoms with Crippen LogP contribution < -0.4 is 4.52 Å². The van der Waals surface area contributed by atoms with E-state index in [2.05, 4.69) is 4.98 Å². The Morgan fingerprint density at radius 3 is 2.62 bits per heavy atom. The Balaban J connectivity index is 2.09. The number of nitrogens with zero attached hydrogens (tertiary/aromatic N) is 1. The molecule has 1 atom stereocenters. The average molecular weight is 313 g/mol. The summed E-state index contributed by atoms with van der Waals surface area (Å²) in [7, 11) is 3.80. The smallest absolute Gasteiger partial charge is 0.402 e. The fourth-order valence-corrected chi connectivity index (χ4v) is 2.71. The molecule has 0 saturated carbocycles. The lowest BCUT2D eigenvalue weighted by Crippen LogP contribution is -2.37. The van der Waals surface area contributed by atoms with Crippen molar-refractivity contribution in [2.75, 3.05) is 41.4 Å². The number of fused-ring (bicyclic) bond motifs is 1. The SMILES string of the molecule is COP(=O)(OCC[N+](C)(C)C)Oc1c[nH]c2ccccc12. The van der Waals surface area contributed by atoms with Crippen molar-refractivity contribution in [1.29, 1.82) is 0 Å². The maximum absolute atomic E-state index is 12.5. The third-order valence-corrected chi connectivity index (χ3v) is 4.36. The van der Waals surface area contributed by atoms with Gasteiger partial charge in [0.25, 0.3) is 0 Å². The van der Waals surface area contributed by atoms with Crippen LogP contribution in [0, 0.1) is 0 Å². The molecule has 0 fully saturated rings. The van der Waals surface area contributed by atoms with Gasteiger partial charge in [0.1, 0.15) is 13.2 Å². The molecular formula is C14H22N2O4P+. The van der Waals surface area contributed by atoms with Crippen LogP contribution in [-0.2, 0) is 13.6 Å². The summed E-state index contributed by atoms with van der Waals surface area (Å²) in [6.07, 6.45) is 1.65. The maximum atomic E-state index is 12.5. The molecule has 0 saturated heterocycles. The summed E-state index contributed by atoms with van der Waals surface area (Å²) in [4.78, 5) is 3.05. The lowest BCUT2D eigenvalue weighted by Gasteiger charge is -2.24. The first-order valence-corrected chi connectivity index (χ1v) is 8.15. The molecule has 1 aromatic carbocycles. The number of para-hydroxylation sites is 1. The first kappa shape index (κ1) is 16.0. The van der Waals surface area contributed by atoms with Gasteiger partial charge in [-0.25, -0.2) is 4.57 Å². The number of nitrogens with one attached hydrogen (secondary N) is 1. The molecule has 1 N–H and O–H groups in total.